The minimum atomic E-state index is -0.127. The summed E-state index contributed by atoms with van der Waals surface area (Å²) in [6.45, 7) is 1.67. The topological polar surface area (TPSA) is 102 Å². The van der Waals surface area contributed by atoms with Gasteiger partial charge in [-0.25, -0.2) is 4.98 Å². The van der Waals surface area contributed by atoms with E-state index in [9.17, 15) is 4.79 Å². The van der Waals surface area contributed by atoms with Crippen molar-refractivity contribution >= 4 is 5.91 Å². The van der Waals surface area contributed by atoms with Crippen molar-refractivity contribution in [2.75, 3.05) is 41.0 Å². The minimum absolute atomic E-state index is 0.0566. The van der Waals surface area contributed by atoms with E-state index in [1.54, 1.807) is 24.1 Å². The lowest BCUT2D eigenvalue weighted by Gasteiger charge is -2.17. The van der Waals surface area contributed by atoms with E-state index in [1.807, 2.05) is 0 Å². The van der Waals surface area contributed by atoms with E-state index >= 15 is 0 Å². The highest BCUT2D eigenvalue weighted by atomic mass is 16.5. The molecule has 0 aromatic carbocycles. The van der Waals surface area contributed by atoms with Crippen LogP contribution >= 0.6 is 0 Å². The maximum atomic E-state index is 13.2. The molecule has 1 amide bonds. The van der Waals surface area contributed by atoms with Gasteiger partial charge in [-0.2, -0.15) is 10.1 Å². The van der Waals surface area contributed by atoms with Crippen LogP contribution in [0, 0.1) is 5.92 Å². The molecular weight excluding hydrogens is 362 g/mol. The number of hydrogen-bond acceptors (Lipinski definition) is 7. The van der Waals surface area contributed by atoms with Crippen molar-refractivity contribution < 1.29 is 19.0 Å². The number of rotatable bonds is 7. The van der Waals surface area contributed by atoms with Crippen LogP contribution in [0.3, 0.4) is 0 Å². The number of carbonyl (C=O) groups is 1. The first kappa shape index (κ1) is 18.7. The van der Waals surface area contributed by atoms with Gasteiger partial charge in [-0.3, -0.25) is 9.89 Å². The number of aromatic nitrogens is 4. The van der Waals surface area contributed by atoms with Gasteiger partial charge >= 0.3 is 0 Å². The third kappa shape index (κ3) is 3.54. The maximum Gasteiger partial charge on any atom is 0.259 e. The molecule has 4 rings (SSSR count). The fraction of sp³-hybridized carbons (Fsp3) is 0.579. The van der Waals surface area contributed by atoms with Gasteiger partial charge in [0, 0.05) is 44.0 Å². The predicted molar refractivity (Wildman–Crippen MR) is 99.7 cm³/mol. The van der Waals surface area contributed by atoms with E-state index in [-0.39, 0.29) is 23.6 Å². The van der Waals surface area contributed by atoms with Crippen LogP contribution < -0.4 is 9.47 Å². The molecule has 2 aliphatic rings. The molecule has 2 aromatic rings. The van der Waals surface area contributed by atoms with E-state index in [0.717, 1.165) is 24.5 Å². The third-order valence-electron chi connectivity index (χ3n) is 5.39. The molecule has 1 saturated carbocycles. The molecule has 28 heavy (non-hydrogen) atoms. The van der Waals surface area contributed by atoms with Crippen LogP contribution in [0.2, 0.25) is 0 Å². The Hall–Kier alpha value is -2.68. The maximum absolute atomic E-state index is 13.2. The highest BCUT2D eigenvalue weighted by Gasteiger charge is 2.40. The molecular formula is C19H25N5O4. The third-order valence-corrected chi connectivity index (χ3v) is 5.39. The number of carbonyl (C=O) groups excluding carboxylic acids is 1. The van der Waals surface area contributed by atoms with Crippen LogP contribution in [-0.2, 0) is 4.74 Å². The number of pyridine rings is 1. The lowest BCUT2D eigenvalue weighted by Crippen LogP contribution is -2.30. The second kappa shape index (κ2) is 7.75. The molecule has 0 unspecified atom stereocenters. The Morgan fingerprint density at radius 1 is 1.18 bits per heavy atom. The van der Waals surface area contributed by atoms with E-state index in [0.29, 0.717) is 37.1 Å². The number of aromatic amines is 1. The summed E-state index contributed by atoms with van der Waals surface area (Å²) >= 11 is 0. The molecule has 3 heterocycles. The molecule has 0 bridgehead atoms. The van der Waals surface area contributed by atoms with Gasteiger partial charge in [0.2, 0.25) is 11.8 Å². The van der Waals surface area contributed by atoms with Crippen molar-refractivity contribution in [2.24, 2.45) is 5.92 Å². The summed E-state index contributed by atoms with van der Waals surface area (Å²) in [5.74, 6) is 2.94. The Morgan fingerprint density at radius 2 is 2.00 bits per heavy atom. The molecule has 2 atom stereocenters. The molecule has 1 saturated heterocycles. The number of nitrogens with zero attached hydrogens (tertiary/aromatic N) is 4. The van der Waals surface area contributed by atoms with E-state index in [2.05, 4.69) is 15.2 Å². The number of amides is 1. The Balaban J connectivity index is 1.55. The first-order valence-corrected chi connectivity index (χ1v) is 9.44. The molecule has 0 radical (unpaired) electrons. The van der Waals surface area contributed by atoms with Gasteiger partial charge in [0.25, 0.3) is 5.91 Å². The van der Waals surface area contributed by atoms with Crippen molar-refractivity contribution in [3.8, 4) is 11.8 Å². The smallest absolute Gasteiger partial charge is 0.259 e. The van der Waals surface area contributed by atoms with Crippen LogP contribution in [0.25, 0.3) is 0 Å². The van der Waals surface area contributed by atoms with Gasteiger partial charge in [-0.15, -0.1) is 0 Å². The average molecular weight is 387 g/mol. The fourth-order valence-electron chi connectivity index (χ4n) is 3.73. The normalized spacial score (nSPS) is 21.8. The Bertz CT molecular complexity index is 851. The lowest BCUT2D eigenvalue weighted by atomic mass is 9.96. The van der Waals surface area contributed by atoms with E-state index in [1.165, 1.54) is 14.2 Å². The Morgan fingerprint density at radius 3 is 2.68 bits per heavy atom. The Kier molecular flexibility index (Phi) is 5.17. The van der Waals surface area contributed by atoms with Crippen molar-refractivity contribution in [1.82, 2.24) is 25.1 Å². The van der Waals surface area contributed by atoms with Gasteiger partial charge < -0.3 is 19.1 Å². The van der Waals surface area contributed by atoms with Crippen LogP contribution in [0.15, 0.2) is 12.1 Å². The summed E-state index contributed by atoms with van der Waals surface area (Å²) in [4.78, 5) is 23.9. The molecule has 150 valence electrons. The second-order valence-electron chi connectivity index (χ2n) is 7.30. The van der Waals surface area contributed by atoms with Crippen LogP contribution in [-0.4, -0.2) is 72.0 Å². The summed E-state index contributed by atoms with van der Waals surface area (Å²) in [6, 6.07) is 3.35. The van der Waals surface area contributed by atoms with Crippen molar-refractivity contribution in [3.05, 3.63) is 29.3 Å². The second-order valence-corrected chi connectivity index (χ2v) is 7.30. The fourth-order valence-corrected chi connectivity index (χ4v) is 3.73. The monoisotopic (exact) mass is 387 g/mol. The quantitative estimate of drug-likeness (QED) is 0.770. The number of likely N-dealkylation sites (tertiary alicyclic amines) is 1. The standard InChI is InChI=1S/C19H25N5O4/c1-26-10-12-8-24(9-14(12)17-21-16(22-23-17)11-4-5-11)19(25)13-6-7-15(27-2)20-18(13)28-3/h6-7,11-12,14H,4-5,8-10H2,1-3H3,(H,21,22,23)/t12-,14+/m0/s1. The molecule has 9 heteroatoms. The first-order valence-electron chi connectivity index (χ1n) is 9.44. The summed E-state index contributed by atoms with van der Waals surface area (Å²) in [7, 11) is 4.69. The van der Waals surface area contributed by atoms with Crippen LogP contribution in [0.1, 0.15) is 46.7 Å². The number of ether oxygens (including phenoxy) is 3. The van der Waals surface area contributed by atoms with Gasteiger partial charge in [0.1, 0.15) is 11.4 Å². The van der Waals surface area contributed by atoms with E-state index in [4.69, 9.17) is 19.2 Å². The molecule has 9 nitrogen and oxygen atoms in total. The predicted octanol–water partition coefficient (Wildman–Crippen LogP) is 1.60. The molecule has 2 aromatic heterocycles. The number of methoxy groups -OCH3 is 3. The van der Waals surface area contributed by atoms with Gasteiger partial charge in [-0.1, -0.05) is 0 Å². The largest absolute Gasteiger partial charge is 0.481 e. The summed E-state index contributed by atoms with van der Waals surface area (Å²) in [5, 5.41) is 7.45. The summed E-state index contributed by atoms with van der Waals surface area (Å²) in [5.41, 5.74) is 0.413. The molecule has 1 N–H and O–H groups in total. The highest BCUT2D eigenvalue weighted by molar-refractivity contribution is 5.96. The SMILES string of the molecule is COC[C@@H]1CN(C(=O)c2ccc(OC)nc2OC)C[C@H]1c1nc(C2CC2)n[nH]1. The zero-order valence-corrected chi connectivity index (χ0v) is 16.3. The number of H-pyrrole nitrogens is 1. The molecule has 1 aliphatic carbocycles. The van der Waals surface area contributed by atoms with Crippen LogP contribution in [0.4, 0.5) is 0 Å². The summed E-state index contributed by atoms with van der Waals surface area (Å²) in [6.07, 6.45) is 2.30. The molecule has 1 aliphatic heterocycles. The Labute approximate surface area is 163 Å². The zero-order chi connectivity index (χ0) is 19.7. The number of nitrogens with one attached hydrogen (secondary N) is 1. The molecule has 0 spiro atoms. The van der Waals surface area contributed by atoms with Crippen molar-refractivity contribution in [2.45, 2.75) is 24.7 Å². The van der Waals surface area contributed by atoms with E-state index < -0.39 is 0 Å². The average Bonchev–Trinajstić information content (AvgIpc) is 3.30. The number of hydrogen-bond donors (Lipinski definition) is 1. The van der Waals surface area contributed by atoms with Crippen molar-refractivity contribution in [1.29, 1.82) is 0 Å². The first-order chi connectivity index (χ1) is 13.6. The van der Waals surface area contributed by atoms with Gasteiger partial charge in [0.15, 0.2) is 5.82 Å². The minimum Gasteiger partial charge on any atom is -0.481 e. The molecule has 2 fully saturated rings. The highest BCUT2D eigenvalue weighted by Crippen LogP contribution is 2.39. The summed E-state index contributed by atoms with van der Waals surface area (Å²) < 4.78 is 15.8. The van der Waals surface area contributed by atoms with Gasteiger partial charge in [-0.05, 0) is 18.9 Å². The van der Waals surface area contributed by atoms with Crippen molar-refractivity contribution in [3.63, 3.8) is 0 Å². The van der Waals surface area contributed by atoms with Gasteiger partial charge in [0.05, 0.1) is 20.8 Å². The van der Waals surface area contributed by atoms with Crippen LogP contribution in [0.5, 0.6) is 11.8 Å². The lowest BCUT2D eigenvalue weighted by molar-refractivity contribution is 0.0771. The zero-order valence-electron chi connectivity index (χ0n) is 16.3.